The molecule has 0 bridgehead atoms. The summed E-state index contributed by atoms with van der Waals surface area (Å²) in [4.78, 5) is 14.2. The van der Waals surface area contributed by atoms with Crippen molar-refractivity contribution in [1.29, 1.82) is 0 Å². The van der Waals surface area contributed by atoms with E-state index < -0.39 is 0 Å². The Bertz CT molecular complexity index is 1310. The lowest BCUT2D eigenvalue weighted by Gasteiger charge is -2.00. The van der Waals surface area contributed by atoms with Crippen molar-refractivity contribution in [2.45, 2.75) is 11.8 Å². The van der Waals surface area contributed by atoms with Crippen molar-refractivity contribution in [3.05, 3.63) is 110 Å². The predicted molar refractivity (Wildman–Crippen MR) is 124 cm³/mol. The SMILES string of the molecule is Cc1ccc(SC=c2c(=O)n(-c3ccccc3)[nH]/c2=C\Oc2ccc(Cl)cc2)cc1. The first-order valence-electron chi connectivity index (χ1n) is 9.32. The second-order valence-corrected chi connectivity index (χ2v) is 8.03. The molecule has 4 rings (SSSR count). The molecule has 0 radical (unpaired) electrons. The van der Waals surface area contributed by atoms with Crippen LogP contribution in [0.15, 0.2) is 88.6 Å². The smallest absolute Gasteiger partial charge is 0.279 e. The van der Waals surface area contributed by atoms with Gasteiger partial charge in [-0.25, -0.2) is 4.68 Å². The fourth-order valence-electron chi connectivity index (χ4n) is 2.81. The van der Waals surface area contributed by atoms with Gasteiger partial charge in [-0.1, -0.05) is 59.3 Å². The molecule has 0 saturated heterocycles. The molecule has 30 heavy (non-hydrogen) atoms. The van der Waals surface area contributed by atoms with Crippen LogP contribution in [0.3, 0.4) is 0 Å². The van der Waals surface area contributed by atoms with Crippen LogP contribution in [0.1, 0.15) is 5.56 Å². The molecule has 1 aromatic heterocycles. The van der Waals surface area contributed by atoms with Crippen LogP contribution < -0.4 is 20.9 Å². The molecule has 0 amide bonds. The highest BCUT2D eigenvalue weighted by Crippen LogP contribution is 2.19. The molecular weight excluding hydrogens is 416 g/mol. The Hall–Kier alpha value is -3.15. The van der Waals surface area contributed by atoms with Crippen LogP contribution in [-0.2, 0) is 0 Å². The highest BCUT2D eigenvalue weighted by Gasteiger charge is 2.06. The third-order valence-electron chi connectivity index (χ3n) is 4.43. The Morgan fingerprint density at radius 3 is 2.37 bits per heavy atom. The fourth-order valence-corrected chi connectivity index (χ4v) is 3.71. The fraction of sp³-hybridized carbons (Fsp3) is 0.0417. The number of hydrogen-bond donors (Lipinski definition) is 1. The van der Waals surface area contributed by atoms with E-state index >= 15 is 0 Å². The minimum Gasteiger partial charge on any atom is -0.463 e. The van der Waals surface area contributed by atoms with Crippen LogP contribution in [0, 0.1) is 6.92 Å². The molecule has 0 aliphatic heterocycles. The normalized spacial score (nSPS) is 12.3. The number of rotatable bonds is 5. The van der Waals surface area contributed by atoms with Crippen LogP contribution >= 0.6 is 23.4 Å². The lowest BCUT2D eigenvalue weighted by atomic mass is 10.2. The topological polar surface area (TPSA) is 47.0 Å². The van der Waals surface area contributed by atoms with E-state index in [1.165, 1.54) is 22.0 Å². The Kier molecular flexibility index (Phi) is 6.12. The monoisotopic (exact) mass is 434 g/mol. The quantitative estimate of drug-likeness (QED) is 0.471. The van der Waals surface area contributed by atoms with Gasteiger partial charge in [0.15, 0.2) is 0 Å². The maximum Gasteiger partial charge on any atom is 0.279 e. The van der Waals surface area contributed by atoms with Crippen molar-refractivity contribution in [2.24, 2.45) is 0 Å². The Morgan fingerprint density at radius 1 is 0.967 bits per heavy atom. The van der Waals surface area contributed by atoms with Gasteiger partial charge >= 0.3 is 0 Å². The van der Waals surface area contributed by atoms with E-state index in [1.807, 2.05) is 66.9 Å². The summed E-state index contributed by atoms with van der Waals surface area (Å²) in [6.45, 7) is 2.05. The summed E-state index contributed by atoms with van der Waals surface area (Å²) in [7, 11) is 0. The average molecular weight is 435 g/mol. The molecule has 6 heteroatoms. The zero-order chi connectivity index (χ0) is 20.9. The molecule has 0 fully saturated rings. The number of nitrogens with zero attached hydrogens (tertiary/aromatic N) is 1. The first-order valence-corrected chi connectivity index (χ1v) is 10.6. The third kappa shape index (κ3) is 4.70. The number of nitrogens with one attached hydrogen (secondary N) is 1. The molecule has 150 valence electrons. The Labute approximate surface area is 183 Å². The first-order chi connectivity index (χ1) is 14.6. The number of halogens is 1. The maximum atomic E-state index is 13.1. The van der Waals surface area contributed by atoms with Gasteiger partial charge in [-0.3, -0.25) is 9.89 Å². The predicted octanol–water partition coefficient (Wildman–Crippen LogP) is 4.47. The Balaban J connectivity index is 1.77. The van der Waals surface area contributed by atoms with Crippen LogP contribution in [0.5, 0.6) is 5.75 Å². The van der Waals surface area contributed by atoms with Gasteiger partial charge < -0.3 is 4.74 Å². The summed E-state index contributed by atoms with van der Waals surface area (Å²) in [6, 6.07) is 24.7. The molecule has 1 N–H and O–H groups in total. The van der Waals surface area contributed by atoms with Crippen LogP contribution in [0.2, 0.25) is 5.02 Å². The van der Waals surface area contributed by atoms with E-state index in [1.54, 1.807) is 30.5 Å². The summed E-state index contributed by atoms with van der Waals surface area (Å²) in [5.41, 5.74) is 1.80. The van der Waals surface area contributed by atoms with Gasteiger partial charge in [-0.2, -0.15) is 0 Å². The summed E-state index contributed by atoms with van der Waals surface area (Å²) < 4.78 is 7.28. The second kappa shape index (κ2) is 9.11. The van der Waals surface area contributed by atoms with Gasteiger partial charge in [-0.15, -0.1) is 0 Å². The van der Waals surface area contributed by atoms with E-state index in [0.717, 1.165) is 10.6 Å². The van der Waals surface area contributed by atoms with E-state index in [2.05, 4.69) is 5.10 Å². The Morgan fingerprint density at radius 2 is 1.67 bits per heavy atom. The highest BCUT2D eigenvalue weighted by molar-refractivity contribution is 8.06. The summed E-state index contributed by atoms with van der Waals surface area (Å²) >= 11 is 7.42. The van der Waals surface area contributed by atoms with Crippen LogP contribution in [-0.4, -0.2) is 9.78 Å². The number of hydrogen-bond acceptors (Lipinski definition) is 3. The minimum absolute atomic E-state index is 0.147. The third-order valence-corrected chi connectivity index (χ3v) is 5.58. The van der Waals surface area contributed by atoms with Gasteiger partial charge in [0.1, 0.15) is 17.4 Å². The zero-order valence-corrected chi connectivity index (χ0v) is 17.8. The number of H-pyrrole nitrogens is 1. The summed E-state index contributed by atoms with van der Waals surface area (Å²) in [5.74, 6) is 0.629. The number of thioether (sulfide) groups is 1. The largest absolute Gasteiger partial charge is 0.463 e. The van der Waals surface area contributed by atoms with Crippen molar-refractivity contribution >= 4 is 35.0 Å². The molecule has 0 spiro atoms. The van der Waals surface area contributed by atoms with Gasteiger partial charge in [0.2, 0.25) is 0 Å². The van der Waals surface area contributed by atoms with Gasteiger partial charge in [0.05, 0.1) is 10.9 Å². The van der Waals surface area contributed by atoms with E-state index in [9.17, 15) is 4.79 Å². The van der Waals surface area contributed by atoms with Crippen molar-refractivity contribution < 1.29 is 4.74 Å². The van der Waals surface area contributed by atoms with Gasteiger partial charge in [0, 0.05) is 9.92 Å². The van der Waals surface area contributed by atoms with E-state index in [0.29, 0.717) is 21.3 Å². The number of aromatic amines is 1. The summed E-state index contributed by atoms with van der Waals surface area (Å²) in [6.07, 6.45) is 1.55. The number of benzene rings is 3. The van der Waals surface area contributed by atoms with E-state index in [4.69, 9.17) is 16.3 Å². The van der Waals surface area contributed by atoms with Gasteiger partial charge in [-0.05, 0) is 60.9 Å². The lowest BCUT2D eigenvalue weighted by Crippen LogP contribution is -2.34. The molecule has 1 heterocycles. The molecule has 0 aliphatic carbocycles. The number of aryl methyl sites for hydroxylation is 1. The van der Waals surface area contributed by atoms with Crippen LogP contribution in [0.25, 0.3) is 17.4 Å². The lowest BCUT2D eigenvalue weighted by molar-refractivity contribution is 0.537. The summed E-state index contributed by atoms with van der Waals surface area (Å²) in [5, 5.41) is 6.74. The number of para-hydroxylation sites is 1. The maximum absolute atomic E-state index is 13.1. The van der Waals surface area contributed by atoms with Crippen LogP contribution in [0.4, 0.5) is 0 Å². The van der Waals surface area contributed by atoms with Crippen molar-refractivity contribution in [2.75, 3.05) is 0 Å². The van der Waals surface area contributed by atoms with E-state index in [-0.39, 0.29) is 5.56 Å². The van der Waals surface area contributed by atoms with Gasteiger partial charge in [0.25, 0.3) is 5.56 Å². The molecule has 0 aliphatic rings. The highest BCUT2D eigenvalue weighted by atomic mass is 35.5. The first kappa shape index (κ1) is 20.1. The minimum atomic E-state index is -0.147. The molecule has 0 saturated carbocycles. The standard InChI is InChI=1S/C24H19ClN2O2S/c1-17-7-13-21(14-8-17)30-16-22-23(15-29-20-11-9-18(25)10-12-20)26-27(24(22)28)19-5-3-2-4-6-19/h2-16,26H,1H3/b22-16?,23-15-. The molecule has 3 aromatic carbocycles. The average Bonchev–Trinajstić information content (AvgIpc) is 3.09. The van der Waals surface area contributed by atoms with Crippen molar-refractivity contribution in [1.82, 2.24) is 9.78 Å². The molecule has 4 aromatic rings. The molecule has 4 nitrogen and oxygen atoms in total. The number of ether oxygens (including phenoxy) is 1. The number of aromatic nitrogens is 2. The second-order valence-electron chi connectivity index (χ2n) is 6.65. The molecule has 0 unspecified atom stereocenters. The molecule has 0 atom stereocenters. The zero-order valence-electron chi connectivity index (χ0n) is 16.2. The van der Waals surface area contributed by atoms with Crippen molar-refractivity contribution in [3.8, 4) is 11.4 Å². The van der Waals surface area contributed by atoms with Crippen molar-refractivity contribution in [3.63, 3.8) is 0 Å². The molecular formula is C24H19ClN2O2S.